The molecule has 0 radical (unpaired) electrons. The molecule has 5 rings (SSSR count). The predicted molar refractivity (Wildman–Crippen MR) is 84.0 cm³/mol. The molecular formula is C18H14N2O3. The number of benzene rings is 2. The summed E-state index contributed by atoms with van der Waals surface area (Å²) in [5.74, 6) is -0.700. The number of imide groups is 1. The molecule has 2 aromatic carbocycles. The first-order chi connectivity index (χ1) is 11.1. The minimum absolute atomic E-state index is 0.151. The fraction of sp³-hybridized carbons (Fsp3) is 0.278. The van der Waals surface area contributed by atoms with Gasteiger partial charge in [0.05, 0.1) is 11.1 Å². The van der Waals surface area contributed by atoms with Crippen LogP contribution in [0, 0.1) is 5.41 Å². The summed E-state index contributed by atoms with van der Waals surface area (Å²) in [6.07, 6.45) is 2.01. The molecule has 1 atom stereocenters. The van der Waals surface area contributed by atoms with Gasteiger partial charge in [-0.05, 0) is 36.8 Å². The van der Waals surface area contributed by atoms with Crippen molar-refractivity contribution in [3.8, 4) is 0 Å². The minimum Gasteiger partial charge on any atom is -0.295 e. The number of hydrogen-bond donors (Lipinski definition) is 1. The Bertz CT molecular complexity index is 908. The van der Waals surface area contributed by atoms with E-state index in [0.717, 1.165) is 29.3 Å². The molecule has 5 nitrogen and oxygen atoms in total. The first kappa shape index (κ1) is 12.8. The quantitative estimate of drug-likeness (QED) is 0.819. The van der Waals surface area contributed by atoms with E-state index in [1.807, 2.05) is 30.3 Å². The number of carbonyl (C=O) groups excluding carboxylic acids is 3. The van der Waals surface area contributed by atoms with Crippen molar-refractivity contribution >= 4 is 34.2 Å². The van der Waals surface area contributed by atoms with Crippen LogP contribution in [0.4, 0.5) is 5.69 Å². The van der Waals surface area contributed by atoms with E-state index < -0.39 is 11.5 Å². The highest BCUT2D eigenvalue weighted by Crippen LogP contribution is 2.53. The SMILES string of the molecule is O=C1NC(=O)C2(CC2)CC1N1C(=O)c2cccc3cccc1c23. The lowest BCUT2D eigenvalue weighted by atomic mass is 9.90. The van der Waals surface area contributed by atoms with Crippen LogP contribution in [-0.4, -0.2) is 23.8 Å². The van der Waals surface area contributed by atoms with Crippen LogP contribution in [-0.2, 0) is 9.59 Å². The Kier molecular flexibility index (Phi) is 2.22. The molecule has 0 bridgehead atoms. The maximum absolute atomic E-state index is 12.9. The number of anilines is 1. The number of rotatable bonds is 1. The van der Waals surface area contributed by atoms with Gasteiger partial charge in [0.2, 0.25) is 11.8 Å². The average molecular weight is 306 g/mol. The van der Waals surface area contributed by atoms with Crippen LogP contribution in [0.3, 0.4) is 0 Å². The lowest BCUT2D eigenvalue weighted by Gasteiger charge is -2.34. The van der Waals surface area contributed by atoms with E-state index in [4.69, 9.17) is 0 Å². The standard InChI is InChI=1S/C18H14N2O3/c21-15-13(9-18(7-8-18)17(23)19-15)20-12-6-2-4-10-3-1-5-11(14(10)12)16(20)22/h1-6,13H,7-9H2,(H,19,21,23). The van der Waals surface area contributed by atoms with Crippen molar-refractivity contribution in [2.75, 3.05) is 4.90 Å². The van der Waals surface area contributed by atoms with Gasteiger partial charge in [-0.3, -0.25) is 24.6 Å². The largest absolute Gasteiger partial charge is 0.295 e. The summed E-state index contributed by atoms with van der Waals surface area (Å²) in [5, 5.41) is 4.35. The topological polar surface area (TPSA) is 66.5 Å². The van der Waals surface area contributed by atoms with Gasteiger partial charge in [0, 0.05) is 10.9 Å². The molecule has 2 aliphatic heterocycles. The Morgan fingerprint density at radius 1 is 1.04 bits per heavy atom. The summed E-state index contributed by atoms with van der Waals surface area (Å²) in [6.45, 7) is 0. The fourth-order valence-electron chi connectivity index (χ4n) is 3.92. The highest BCUT2D eigenvalue weighted by Gasteiger charge is 2.57. The molecule has 5 heteroatoms. The molecular weight excluding hydrogens is 292 g/mol. The van der Waals surface area contributed by atoms with Gasteiger partial charge in [-0.15, -0.1) is 0 Å². The van der Waals surface area contributed by atoms with Gasteiger partial charge in [-0.2, -0.15) is 0 Å². The van der Waals surface area contributed by atoms with E-state index in [-0.39, 0.29) is 17.7 Å². The lowest BCUT2D eigenvalue weighted by Crippen LogP contribution is -2.57. The molecule has 1 aliphatic carbocycles. The van der Waals surface area contributed by atoms with Gasteiger partial charge in [0.25, 0.3) is 5.91 Å². The minimum atomic E-state index is -0.610. The second-order valence-corrected chi connectivity index (χ2v) is 6.67. The van der Waals surface area contributed by atoms with E-state index in [2.05, 4.69) is 5.32 Å². The maximum Gasteiger partial charge on any atom is 0.259 e. The van der Waals surface area contributed by atoms with Crippen molar-refractivity contribution in [3.63, 3.8) is 0 Å². The van der Waals surface area contributed by atoms with E-state index in [0.29, 0.717) is 12.0 Å². The zero-order valence-corrected chi connectivity index (χ0v) is 12.3. The zero-order valence-electron chi connectivity index (χ0n) is 12.3. The molecule has 1 saturated heterocycles. The monoisotopic (exact) mass is 306 g/mol. The van der Waals surface area contributed by atoms with Crippen molar-refractivity contribution in [2.45, 2.75) is 25.3 Å². The van der Waals surface area contributed by atoms with Gasteiger partial charge in [0.1, 0.15) is 6.04 Å². The second kappa shape index (κ2) is 3.98. The normalized spacial score (nSPS) is 24.4. The summed E-state index contributed by atoms with van der Waals surface area (Å²) in [4.78, 5) is 38.9. The van der Waals surface area contributed by atoms with Gasteiger partial charge in [-0.25, -0.2) is 0 Å². The molecule has 1 N–H and O–H groups in total. The highest BCUT2D eigenvalue weighted by molar-refractivity contribution is 6.27. The molecule has 2 heterocycles. The number of nitrogens with zero attached hydrogens (tertiary/aromatic N) is 1. The van der Waals surface area contributed by atoms with Crippen molar-refractivity contribution in [1.29, 1.82) is 0 Å². The van der Waals surface area contributed by atoms with Crippen LogP contribution >= 0.6 is 0 Å². The number of nitrogens with one attached hydrogen (secondary N) is 1. The second-order valence-electron chi connectivity index (χ2n) is 6.67. The fourth-order valence-corrected chi connectivity index (χ4v) is 3.92. The van der Waals surface area contributed by atoms with E-state index >= 15 is 0 Å². The molecule has 1 saturated carbocycles. The number of piperidine rings is 1. The van der Waals surface area contributed by atoms with Gasteiger partial charge in [0.15, 0.2) is 0 Å². The molecule has 1 unspecified atom stereocenters. The van der Waals surface area contributed by atoms with E-state index in [1.54, 1.807) is 11.0 Å². The smallest absolute Gasteiger partial charge is 0.259 e. The number of amides is 3. The molecule has 114 valence electrons. The third-order valence-electron chi connectivity index (χ3n) is 5.36. The predicted octanol–water partition coefficient (Wildman–Crippen LogP) is 2.00. The first-order valence-corrected chi connectivity index (χ1v) is 7.81. The summed E-state index contributed by atoms with van der Waals surface area (Å²) < 4.78 is 0. The number of carbonyl (C=O) groups is 3. The summed E-state index contributed by atoms with van der Waals surface area (Å²) in [7, 11) is 0. The van der Waals surface area contributed by atoms with Crippen LogP contribution in [0.15, 0.2) is 36.4 Å². The van der Waals surface area contributed by atoms with E-state index in [1.165, 1.54) is 0 Å². The average Bonchev–Trinajstić information content (AvgIpc) is 3.27. The van der Waals surface area contributed by atoms with Crippen molar-refractivity contribution in [2.24, 2.45) is 5.41 Å². The van der Waals surface area contributed by atoms with Gasteiger partial charge >= 0.3 is 0 Å². The summed E-state index contributed by atoms with van der Waals surface area (Å²) in [5.41, 5.74) is 0.961. The molecule has 0 aromatic heterocycles. The Labute approximate surface area is 132 Å². The molecule has 3 aliphatic rings. The van der Waals surface area contributed by atoms with Crippen LogP contribution in [0.5, 0.6) is 0 Å². The van der Waals surface area contributed by atoms with Crippen LogP contribution < -0.4 is 10.2 Å². The lowest BCUT2D eigenvalue weighted by molar-refractivity contribution is -0.138. The molecule has 23 heavy (non-hydrogen) atoms. The van der Waals surface area contributed by atoms with E-state index in [9.17, 15) is 14.4 Å². The summed E-state index contributed by atoms with van der Waals surface area (Å²) in [6, 6.07) is 10.7. The van der Waals surface area contributed by atoms with Crippen molar-refractivity contribution in [1.82, 2.24) is 5.32 Å². The van der Waals surface area contributed by atoms with Crippen molar-refractivity contribution < 1.29 is 14.4 Å². The van der Waals surface area contributed by atoms with Crippen LogP contribution in [0.2, 0.25) is 0 Å². The van der Waals surface area contributed by atoms with Gasteiger partial charge < -0.3 is 0 Å². The molecule has 2 fully saturated rings. The molecule has 1 spiro atoms. The summed E-state index contributed by atoms with van der Waals surface area (Å²) >= 11 is 0. The maximum atomic E-state index is 12.9. The highest BCUT2D eigenvalue weighted by atomic mass is 16.2. The third kappa shape index (κ3) is 1.54. The molecule has 2 aromatic rings. The van der Waals surface area contributed by atoms with Gasteiger partial charge in [-0.1, -0.05) is 24.3 Å². The van der Waals surface area contributed by atoms with Crippen LogP contribution in [0.1, 0.15) is 29.6 Å². The molecule has 3 amide bonds. The Balaban J connectivity index is 1.65. The third-order valence-corrected chi connectivity index (χ3v) is 5.36. The Morgan fingerprint density at radius 3 is 2.52 bits per heavy atom. The number of hydrogen-bond acceptors (Lipinski definition) is 3. The Morgan fingerprint density at radius 2 is 1.78 bits per heavy atom. The zero-order chi connectivity index (χ0) is 15.8. The van der Waals surface area contributed by atoms with Crippen LogP contribution in [0.25, 0.3) is 10.8 Å². The first-order valence-electron chi connectivity index (χ1n) is 7.81. The van der Waals surface area contributed by atoms with Crippen molar-refractivity contribution in [3.05, 3.63) is 42.0 Å². The Hall–Kier alpha value is -2.69.